The molecule has 0 aliphatic carbocycles. The summed E-state index contributed by atoms with van der Waals surface area (Å²) in [5.74, 6) is 0.519. The van der Waals surface area contributed by atoms with Crippen LogP contribution in [-0.2, 0) is 14.8 Å². The van der Waals surface area contributed by atoms with Gasteiger partial charge in [0.1, 0.15) is 10.0 Å². The molecule has 138 valence electrons. The Labute approximate surface area is 152 Å². The zero-order valence-corrected chi connectivity index (χ0v) is 16.3. The van der Waals surface area contributed by atoms with Gasteiger partial charge in [0.25, 0.3) is 10.0 Å². The first kappa shape index (κ1) is 19.6. The average molecular weight is 385 g/mol. The second kappa shape index (κ2) is 8.59. The zero-order chi connectivity index (χ0) is 18.4. The van der Waals surface area contributed by atoms with Crippen LogP contribution in [0.3, 0.4) is 0 Å². The van der Waals surface area contributed by atoms with Crippen LogP contribution in [0.25, 0.3) is 0 Å². The van der Waals surface area contributed by atoms with E-state index in [2.05, 4.69) is 17.3 Å². The summed E-state index contributed by atoms with van der Waals surface area (Å²) in [7, 11) is -1.93. The Kier molecular flexibility index (Phi) is 6.74. The number of hydrogen-bond acceptors (Lipinski definition) is 5. The second-order valence-electron chi connectivity index (χ2n) is 5.83. The highest BCUT2D eigenvalue weighted by Gasteiger charge is 2.21. The van der Waals surface area contributed by atoms with Gasteiger partial charge in [0.15, 0.2) is 0 Å². The van der Waals surface area contributed by atoms with Gasteiger partial charge >= 0.3 is 0 Å². The number of anilines is 1. The van der Waals surface area contributed by atoms with Crippen molar-refractivity contribution < 1.29 is 13.2 Å². The number of carbonyl (C=O) groups is 1. The van der Waals surface area contributed by atoms with Crippen molar-refractivity contribution in [2.75, 3.05) is 18.9 Å². The molecule has 1 unspecified atom stereocenters. The van der Waals surface area contributed by atoms with Crippen molar-refractivity contribution in [3.05, 3.63) is 29.8 Å². The van der Waals surface area contributed by atoms with Gasteiger partial charge in [0, 0.05) is 26.1 Å². The Bertz CT molecular complexity index is 784. The molecule has 2 heterocycles. The fourth-order valence-electron chi connectivity index (χ4n) is 2.29. The van der Waals surface area contributed by atoms with Crippen LogP contribution in [0.2, 0.25) is 0 Å². The summed E-state index contributed by atoms with van der Waals surface area (Å²) in [5.41, 5.74) is 0. The molecular formula is C16H24N4O3S2. The summed E-state index contributed by atoms with van der Waals surface area (Å²) < 4.78 is 28.0. The minimum Gasteiger partial charge on any atom is -0.311 e. The van der Waals surface area contributed by atoms with E-state index in [1.54, 1.807) is 34.5 Å². The minimum absolute atomic E-state index is 0.146. The van der Waals surface area contributed by atoms with Crippen molar-refractivity contribution in [1.29, 1.82) is 0 Å². The lowest BCUT2D eigenvalue weighted by atomic mass is 10.2. The van der Waals surface area contributed by atoms with E-state index in [0.717, 1.165) is 6.42 Å². The first-order valence-electron chi connectivity index (χ1n) is 8.19. The third kappa shape index (κ3) is 4.90. The number of aromatic nitrogens is 2. The molecule has 0 fully saturated rings. The van der Waals surface area contributed by atoms with Crippen molar-refractivity contribution in [1.82, 2.24) is 14.1 Å². The summed E-state index contributed by atoms with van der Waals surface area (Å²) in [4.78, 5) is 12.1. The van der Waals surface area contributed by atoms with E-state index in [1.165, 1.54) is 22.7 Å². The Morgan fingerprint density at radius 1 is 1.44 bits per heavy atom. The molecule has 1 N–H and O–H groups in total. The molecule has 0 spiro atoms. The third-order valence-corrected chi connectivity index (χ3v) is 7.21. The van der Waals surface area contributed by atoms with Crippen LogP contribution in [0, 0.1) is 0 Å². The van der Waals surface area contributed by atoms with Gasteiger partial charge in [-0.1, -0.05) is 13.0 Å². The topological polar surface area (TPSA) is 84.3 Å². The molecule has 0 bridgehead atoms. The van der Waals surface area contributed by atoms with Gasteiger partial charge < -0.3 is 5.32 Å². The third-order valence-electron chi connectivity index (χ3n) is 3.98. The highest BCUT2D eigenvalue weighted by atomic mass is 32.2. The number of nitrogens with zero attached hydrogens (tertiary/aromatic N) is 3. The van der Waals surface area contributed by atoms with Crippen molar-refractivity contribution >= 4 is 33.1 Å². The first-order chi connectivity index (χ1) is 11.9. The highest BCUT2D eigenvalue weighted by molar-refractivity contribution is 7.91. The zero-order valence-electron chi connectivity index (χ0n) is 14.7. The monoisotopic (exact) mass is 384 g/mol. The lowest BCUT2D eigenvalue weighted by Gasteiger charge is -2.16. The van der Waals surface area contributed by atoms with Gasteiger partial charge in [0.05, 0.1) is 12.2 Å². The van der Waals surface area contributed by atoms with E-state index in [-0.39, 0.29) is 24.9 Å². The van der Waals surface area contributed by atoms with Crippen LogP contribution in [-0.4, -0.2) is 42.0 Å². The number of nitrogens with one attached hydrogen (secondary N) is 1. The molecule has 2 aromatic heterocycles. The number of hydrogen-bond donors (Lipinski definition) is 1. The summed E-state index contributed by atoms with van der Waals surface area (Å²) >= 11 is 1.19. The number of thiophene rings is 1. The van der Waals surface area contributed by atoms with Crippen LogP contribution in [0.5, 0.6) is 0 Å². The van der Waals surface area contributed by atoms with Gasteiger partial charge in [-0.15, -0.1) is 11.3 Å². The minimum atomic E-state index is -3.46. The highest BCUT2D eigenvalue weighted by Crippen LogP contribution is 2.20. The first-order valence-corrected chi connectivity index (χ1v) is 10.5. The molecule has 2 rings (SSSR count). The maximum atomic E-state index is 12.3. The second-order valence-corrected chi connectivity index (χ2v) is 9.05. The molecule has 0 radical (unpaired) electrons. The molecule has 25 heavy (non-hydrogen) atoms. The lowest BCUT2D eigenvalue weighted by Crippen LogP contribution is -2.28. The van der Waals surface area contributed by atoms with E-state index in [4.69, 9.17) is 0 Å². The molecule has 0 aliphatic heterocycles. The molecule has 2 aromatic rings. The Morgan fingerprint density at radius 2 is 2.20 bits per heavy atom. The predicted octanol–water partition coefficient (Wildman–Crippen LogP) is 2.96. The maximum Gasteiger partial charge on any atom is 0.252 e. The van der Waals surface area contributed by atoms with Crippen LogP contribution in [0.1, 0.15) is 39.2 Å². The smallest absolute Gasteiger partial charge is 0.252 e. The summed E-state index contributed by atoms with van der Waals surface area (Å²) in [6.07, 6.45) is 3.26. The van der Waals surface area contributed by atoms with Gasteiger partial charge in [-0.05, 0) is 31.2 Å². The van der Waals surface area contributed by atoms with Crippen molar-refractivity contribution in [3.8, 4) is 0 Å². The van der Waals surface area contributed by atoms with Crippen molar-refractivity contribution in [2.45, 2.75) is 43.4 Å². The quantitative estimate of drug-likeness (QED) is 0.720. The summed E-state index contributed by atoms with van der Waals surface area (Å²) in [6, 6.07) is 5.25. The van der Waals surface area contributed by atoms with E-state index in [1.807, 2.05) is 6.92 Å². The SMILES string of the molecule is CCC(C)n1nccc1NC(=O)CCCN(C)S(=O)(=O)c1cccs1. The number of rotatable bonds is 9. The largest absolute Gasteiger partial charge is 0.311 e. The van der Waals surface area contributed by atoms with E-state index in [0.29, 0.717) is 16.4 Å². The standard InChI is InChI=1S/C16H24N4O3S2/c1-4-13(2)20-14(9-10-17-20)18-15(21)7-5-11-19(3)25(22,23)16-8-6-12-24-16/h6,8-10,12-13H,4-5,7,11H2,1-3H3,(H,18,21). The molecular weight excluding hydrogens is 360 g/mol. The fraction of sp³-hybridized carbons (Fsp3) is 0.500. The van der Waals surface area contributed by atoms with Crippen LogP contribution in [0.4, 0.5) is 5.82 Å². The molecule has 0 saturated carbocycles. The average Bonchev–Trinajstić information content (AvgIpc) is 3.25. The van der Waals surface area contributed by atoms with E-state index < -0.39 is 10.0 Å². The van der Waals surface area contributed by atoms with E-state index >= 15 is 0 Å². The number of carbonyl (C=O) groups excluding carboxylic acids is 1. The molecule has 7 nitrogen and oxygen atoms in total. The van der Waals surface area contributed by atoms with Gasteiger partial charge in [-0.3, -0.25) is 4.79 Å². The van der Waals surface area contributed by atoms with Crippen LogP contribution in [0.15, 0.2) is 34.0 Å². The van der Waals surface area contributed by atoms with Crippen LogP contribution < -0.4 is 5.32 Å². The fourth-order valence-corrected chi connectivity index (χ4v) is 4.70. The normalized spacial score (nSPS) is 13.1. The Morgan fingerprint density at radius 3 is 2.84 bits per heavy atom. The summed E-state index contributed by atoms with van der Waals surface area (Å²) in [5, 5.41) is 8.80. The van der Waals surface area contributed by atoms with E-state index in [9.17, 15) is 13.2 Å². The maximum absolute atomic E-state index is 12.3. The molecule has 0 aliphatic rings. The lowest BCUT2D eigenvalue weighted by molar-refractivity contribution is -0.116. The molecule has 0 aromatic carbocycles. The summed E-state index contributed by atoms with van der Waals surface area (Å²) in [6.45, 7) is 4.38. The number of amides is 1. The molecule has 1 atom stereocenters. The molecule has 9 heteroatoms. The Balaban J connectivity index is 1.84. The predicted molar refractivity (Wildman–Crippen MR) is 99.2 cm³/mol. The van der Waals surface area contributed by atoms with Gasteiger partial charge in [-0.25, -0.2) is 17.4 Å². The molecule has 0 saturated heterocycles. The van der Waals surface area contributed by atoms with Crippen molar-refractivity contribution in [3.63, 3.8) is 0 Å². The van der Waals surface area contributed by atoms with Gasteiger partial charge in [0.2, 0.25) is 5.91 Å². The van der Waals surface area contributed by atoms with Crippen LogP contribution >= 0.6 is 11.3 Å². The van der Waals surface area contributed by atoms with Gasteiger partial charge in [-0.2, -0.15) is 5.10 Å². The number of sulfonamides is 1. The Hall–Kier alpha value is -1.71. The molecule has 1 amide bonds. The van der Waals surface area contributed by atoms with Crippen molar-refractivity contribution in [2.24, 2.45) is 0 Å².